The van der Waals surface area contributed by atoms with E-state index in [1.54, 1.807) is 0 Å². The zero-order valence-corrected chi connectivity index (χ0v) is 15.8. The summed E-state index contributed by atoms with van der Waals surface area (Å²) >= 11 is 0. The van der Waals surface area contributed by atoms with Crippen LogP contribution in [0.15, 0.2) is 29.3 Å². The number of nitrogens with zero attached hydrogens (tertiary/aromatic N) is 1. The first-order valence-corrected chi connectivity index (χ1v) is 9.50. The Balaban J connectivity index is 2.01. The zero-order valence-electron chi connectivity index (χ0n) is 15.8. The molecule has 3 N–H and O–H groups in total. The van der Waals surface area contributed by atoms with Crippen molar-refractivity contribution in [1.82, 2.24) is 10.6 Å². The topological polar surface area (TPSA) is 65.9 Å². The summed E-state index contributed by atoms with van der Waals surface area (Å²) < 4.78 is 5.67. The summed E-state index contributed by atoms with van der Waals surface area (Å²) in [7, 11) is 0. The fraction of sp³-hybridized carbons (Fsp3) is 0.650. The average molecular weight is 348 g/mol. The molecule has 1 aliphatic carbocycles. The van der Waals surface area contributed by atoms with Crippen LogP contribution in [-0.2, 0) is 6.54 Å². The third kappa shape index (κ3) is 5.63. The molecule has 0 heterocycles. The van der Waals surface area contributed by atoms with Crippen molar-refractivity contribution >= 4 is 5.96 Å². The van der Waals surface area contributed by atoms with E-state index < -0.39 is 0 Å². The molecule has 25 heavy (non-hydrogen) atoms. The minimum atomic E-state index is -0.240. The van der Waals surface area contributed by atoms with Gasteiger partial charge in [-0.05, 0) is 32.8 Å². The highest BCUT2D eigenvalue weighted by atomic mass is 16.5. The fourth-order valence-corrected chi connectivity index (χ4v) is 3.31. The van der Waals surface area contributed by atoms with Gasteiger partial charge in [0.2, 0.25) is 0 Å². The largest absolute Gasteiger partial charge is 0.494 e. The summed E-state index contributed by atoms with van der Waals surface area (Å²) in [5.41, 5.74) is 0.989. The third-order valence-corrected chi connectivity index (χ3v) is 4.96. The van der Waals surface area contributed by atoms with Crippen molar-refractivity contribution in [3.05, 3.63) is 29.8 Å². The zero-order chi connectivity index (χ0) is 18.1. The van der Waals surface area contributed by atoms with Crippen LogP contribution >= 0.6 is 0 Å². The SMILES string of the molecule is CCNC(=NCc1ccccc1OCC)NCC1(C)CCCCC1O. The van der Waals surface area contributed by atoms with Crippen LogP contribution in [0.5, 0.6) is 5.75 Å². The fourth-order valence-electron chi connectivity index (χ4n) is 3.31. The van der Waals surface area contributed by atoms with Gasteiger partial charge in [0.05, 0.1) is 19.3 Å². The van der Waals surface area contributed by atoms with Gasteiger partial charge < -0.3 is 20.5 Å². The van der Waals surface area contributed by atoms with Crippen LogP contribution in [0.4, 0.5) is 0 Å². The second-order valence-electron chi connectivity index (χ2n) is 7.01. The van der Waals surface area contributed by atoms with Crippen LogP contribution < -0.4 is 15.4 Å². The molecule has 1 saturated carbocycles. The first-order chi connectivity index (χ1) is 12.1. The van der Waals surface area contributed by atoms with Crippen molar-refractivity contribution in [2.75, 3.05) is 19.7 Å². The highest BCUT2D eigenvalue weighted by Crippen LogP contribution is 2.35. The molecule has 2 unspecified atom stereocenters. The smallest absolute Gasteiger partial charge is 0.191 e. The lowest BCUT2D eigenvalue weighted by Gasteiger charge is -2.38. The number of hydrogen-bond donors (Lipinski definition) is 3. The molecule has 0 radical (unpaired) electrons. The monoisotopic (exact) mass is 347 g/mol. The summed E-state index contributed by atoms with van der Waals surface area (Å²) in [6.07, 6.45) is 4.01. The molecule has 0 amide bonds. The van der Waals surface area contributed by atoms with E-state index in [1.807, 2.05) is 31.2 Å². The van der Waals surface area contributed by atoms with Crippen molar-refractivity contribution in [3.8, 4) is 5.75 Å². The van der Waals surface area contributed by atoms with Gasteiger partial charge in [-0.15, -0.1) is 0 Å². The molecule has 0 bridgehead atoms. The Kier molecular flexibility index (Phi) is 7.56. The van der Waals surface area contributed by atoms with Gasteiger partial charge in [0, 0.05) is 24.1 Å². The maximum absolute atomic E-state index is 10.4. The Labute approximate surface area is 151 Å². The van der Waals surface area contributed by atoms with Crippen LogP contribution in [0.25, 0.3) is 0 Å². The summed E-state index contributed by atoms with van der Waals surface area (Å²) in [6.45, 7) is 8.95. The van der Waals surface area contributed by atoms with E-state index in [1.165, 1.54) is 6.42 Å². The van der Waals surface area contributed by atoms with Gasteiger partial charge >= 0.3 is 0 Å². The van der Waals surface area contributed by atoms with Crippen LogP contribution in [-0.4, -0.2) is 36.9 Å². The van der Waals surface area contributed by atoms with Gasteiger partial charge in [-0.1, -0.05) is 38.0 Å². The van der Waals surface area contributed by atoms with E-state index in [0.29, 0.717) is 13.2 Å². The molecule has 1 aliphatic rings. The Morgan fingerprint density at radius 3 is 2.80 bits per heavy atom. The predicted molar refractivity (Wildman–Crippen MR) is 103 cm³/mol. The van der Waals surface area contributed by atoms with Gasteiger partial charge in [0.1, 0.15) is 5.75 Å². The average Bonchev–Trinajstić information content (AvgIpc) is 2.61. The lowest BCUT2D eigenvalue weighted by atomic mass is 9.73. The Bertz CT molecular complexity index is 562. The standard InChI is InChI=1S/C20H33N3O2/c1-4-21-19(23-15-20(3)13-9-8-12-18(20)24)22-14-16-10-6-7-11-17(16)25-5-2/h6-7,10-11,18,24H,4-5,8-9,12-15H2,1-3H3,(H2,21,22,23). The van der Waals surface area contributed by atoms with Gasteiger partial charge in [-0.3, -0.25) is 0 Å². The number of guanidine groups is 1. The first-order valence-electron chi connectivity index (χ1n) is 9.50. The van der Waals surface area contributed by atoms with E-state index in [4.69, 9.17) is 9.73 Å². The summed E-state index contributed by atoms with van der Waals surface area (Å²) in [4.78, 5) is 4.70. The number of aliphatic hydroxyl groups is 1. The quantitative estimate of drug-likeness (QED) is 0.524. The number of ether oxygens (including phenoxy) is 1. The molecule has 1 fully saturated rings. The number of aliphatic hydroxyl groups excluding tert-OH is 1. The molecule has 0 spiro atoms. The van der Waals surface area contributed by atoms with Crippen LogP contribution in [0.2, 0.25) is 0 Å². The van der Waals surface area contributed by atoms with Crippen molar-refractivity contribution in [1.29, 1.82) is 0 Å². The minimum Gasteiger partial charge on any atom is -0.494 e. The van der Waals surface area contributed by atoms with Crippen molar-refractivity contribution < 1.29 is 9.84 Å². The molecule has 2 atom stereocenters. The second kappa shape index (κ2) is 9.66. The lowest BCUT2D eigenvalue weighted by molar-refractivity contribution is 0.00397. The molecule has 1 aromatic carbocycles. The molecule has 0 aromatic heterocycles. The molecule has 140 valence electrons. The second-order valence-corrected chi connectivity index (χ2v) is 7.01. The highest BCUT2D eigenvalue weighted by molar-refractivity contribution is 5.79. The number of benzene rings is 1. The number of para-hydroxylation sites is 1. The van der Waals surface area contributed by atoms with Crippen molar-refractivity contribution in [2.24, 2.45) is 10.4 Å². The van der Waals surface area contributed by atoms with Gasteiger partial charge in [0.15, 0.2) is 5.96 Å². The third-order valence-electron chi connectivity index (χ3n) is 4.96. The van der Waals surface area contributed by atoms with Gasteiger partial charge in [0.25, 0.3) is 0 Å². The normalized spacial score (nSPS) is 24.0. The van der Waals surface area contributed by atoms with E-state index in [0.717, 1.165) is 49.6 Å². The summed E-state index contributed by atoms with van der Waals surface area (Å²) in [6, 6.07) is 8.01. The molecular formula is C20H33N3O2. The number of rotatable bonds is 7. The number of aliphatic imine (C=N–C) groups is 1. The van der Waals surface area contributed by atoms with Gasteiger partial charge in [-0.25, -0.2) is 4.99 Å². The lowest BCUT2D eigenvalue weighted by Crippen LogP contribution is -2.48. The minimum absolute atomic E-state index is 0.0856. The molecule has 5 heteroatoms. The Morgan fingerprint density at radius 1 is 1.28 bits per heavy atom. The predicted octanol–water partition coefficient (Wildman–Crippen LogP) is 3.08. The van der Waals surface area contributed by atoms with Crippen LogP contribution in [0.1, 0.15) is 52.0 Å². The van der Waals surface area contributed by atoms with E-state index >= 15 is 0 Å². The number of nitrogens with one attached hydrogen (secondary N) is 2. The van der Waals surface area contributed by atoms with E-state index in [9.17, 15) is 5.11 Å². The maximum Gasteiger partial charge on any atom is 0.191 e. The van der Waals surface area contributed by atoms with E-state index in [2.05, 4.69) is 24.5 Å². The molecule has 1 aromatic rings. The Morgan fingerprint density at radius 2 is 2.08 bits per heavy atom. The van der Waals surface area contributed by atoms with E-state index in [-0.39, 0.29) is 11.5 Å². The van der Waals surface area contributed by atoms with Crippen molar-refractivity contribution in [3.63, 3.8) is 0 Å². The molecule has 5 nitrogen and oxygen atoms in total. The summed E-state index contributed by atoms with van der Waals surface area (Å²) in [5, 5.41) is 17.1. The molecular weight excluding hydrogens is 314 g/mol. The maximum atomic E-state index is 10.4. The Hall–Kier alpha value is -1.75. The van der Waals surface area contributed by atoms with Crippen LogP contribution in [0.3, 0.4) is 0 Å². The molecule has 0 saturated heterocycles. The first kappa shape index (κ1) is 19.6. The molecule has 0 aliphatic heterocycles. The number of hydrogen-bond acceptors (Lipinski definition) is 3. The van der Waals surface area contributed by atoms with Crippen LogP contribution in [0, 0.1) is 5.41 Å². The van der Waals surface area contributed by atoms with Gasteiger partial charge in [-0.2, -0.15) is 0 Å². The molecule has 2 rings (SSSR count). The highest BCUT2D eigenvalue weighted by Gasteiger charge is 2.35. The summed E-state index contributed by atoms with van der Waals surface area (Å²) in [5.74, 6) is 1.67. The van der Waals surface area contributed by atoms with Crippen molar-refractivity contribution in [2.45, 2.75) is 59.1 Å².